The average Bonchev–Trinajstić information content (AvgIpc) is 3.10. The Morgan fingerprint density at radius 2 is 2.14 bits per heavy atom. The van der Waals surface area contributed by atoms with Gasteiger partial charge in [-0.25, -0.2) is 4.98 Å². The highest BCUT2D eigenvalue weighted by Crippen LogP contribution is 2.23. The van der Waals surface area contributed by atoms with E-state index in [0.29, 0.717) is 25.3 Å². The van der Waals surface area contributed by atoms with Crippen LogP contribution in [0.1, 0.15) is 12.0 Å². The number of hydrogen-bond acceptors (Lipinski definition) is 6. The minimum absolute atomic E-state index is 0.0711. The first-order valence-corrected chi connectivity index (χ1v) is 8.82. The summed E-state index contributed by atoms with van der Waals surface area (Å²) < 4.78 is 5.26. The van der Waals surface area contributed by atoms with Gasteiger partial charge in [0.15, 0.2) is 0 Å². The lowest BCUT2D eigenvalue weighted by atomic mass is 10.1. The highest BCUT2D eigenvalue weighted by Gasteiger charge is 2.08. The largest absolute Gasteiger partial charge is 0.497 e. The molecule has 2 heterocycles. The van der Waals surface area contributed by atoms with Crippen LogP contribution in [0.4, 0.5) is 11.5 Å². The third-order valence-electron chi connectivity index (χ3n) is 4.31. The van der Waals surface area contributed by atoms with Gasteiger partial charge >= 0.3 is 0 Å². The van der Waals surface area contributed by atoms with E-state index in [1.54, 1.807) is 7.11 Å². The number of aromatic amines is 1. The van der Waals surface area contributed by atoms with E-state index in [0.717, 1.165) is 22.2 Å². The van der Waals surface area contributed by atoms with Gasteiger partial charge in [0.1, 0.15) is 17.8 Å². The average molecular weight is 383 g/mol. The van der Waals surface area contributed by atoms with Crippen molar-refractivity contribution in [3.63, 3.8) is 0 Å². The first-order chi connectivity index (χ1) is 13.6. The van der Waals surface area contributed by atoms with Gasteiger partial charge in [-0.3, -0.25) is 14.9 Å². The predicted octanol–water partition coefficient (Wildman–Crippen LogP) is 2.64. The maximum Gasteiger partial charge on any atom is 0.287 e. The summed E-state index contributed by atoms with van der Waals surface area (Å²) in [7, 11) is 1.63. The van der Waals surface area contributed by atoms with Crippen molar-refractivity contribution in [1.29, 1.82) is 0 Å². The van der Waals surface area contributed by atoms with E-state index >= 15 is 0 Å². The third-order valence-corrected chi connectivity index (χ3v) is 4.31. The number of pyridine rings is 1. The van der Waals surface area contributed by atoms with Crippen LogP contribution in [0.3, 0.4) is 0 Å². The van der Waals surface area contributed by atoms with E-state index < -0.39 is 4.92 Å². The van der Waals surface area contributed by atoms with Gasteiger partial charge in [0, 0.05) is 42.7 Å². The van der Waals surface area contributed by atoms with Crippen LogP contribution in [0.2, 0.25) is 0 Å². The van der Waals surface area contributed by atoms with Gasteiger partial charge in [-0.1, -0.05) is 0 Å². The van der Waals surface area contributed by atoms with Gasteiger partial charge in [0.2, 0.25) is 5.91 Å². The van der Waals surface area contributed by atoms with Crippen molar-refractivity contribution < 1.29 is 14.5 Å². The fourth-order valence-corrected chi connectivity index (χ4v) is 2.82. The molecule has 0 fully saturated rings. The molecule has 0 saturated heterocycles. The van der Waals surface area contributed by atoms with E-state index in [1.807, 2.05) is 24.4 Å². The number of H-pyrrole nitrogens is 1. The highest BCUT2D eigenvalue weighted by molar-refractivity contribution is 5.84. The highest BCUT2D eigenvalue weighted by atomic mass is 16.6. The Kier molecular flexibility index (Phi) is 6.05. The van der Waals surface area contributed by atoms with E-state index in [1.165, 1.54) is 18.3 Å². The summed E-state index contributed by atoms with van der Waals surface area (Å²) in [6, 6.07) is 8.72. The van der Waals surface area contributed by atoms with Crippen LogP contribution in [0.5, 0.6) is 5.75 Å². The molecule has 0 aliphatic carbocycles. The second kappa shape index (κ2) is 8.85. The second-order valence-electron chi connectivity index (χ2n) is 6.16. The molecule has 146 valence electrons. The zero-order chi connectivity index (χ0) is 19.9. The molecule has 1 amide bonds. The number of nitro groups is 1. The number of nitrogens with one attached hydrogen (secondary N) is 3. The van der Waals surface area contributed by atoms with Crippen molar-refractivity contribution in [2.75, 3.05) is 25.5 Å². The van der Waals surface area contributed by atoms with Crippen molar-refractivity contribution in [1.82, 2.24) is 15.3 Å². The molecule has 0 spiro atoms. The van der Waals surface area contributed by atoms with Gasteiger partial charge in [-0.15, -0.1) is 0 Å². The summed E-state index contributed by atoms with van der Waals surface area (Å²) >= 11 is 0. The number of aromatic nitrogens is 2. The Morgan fingerprint density at radius 1 is 1.29 bits per heavy atom. The topological polar surface area (TPSA) is 122 Å². The van der Waals surface area contributed by atoms with Crippen molar-refractivity contribution in [2.24, 2.45) is 0 Å². The Morgan fingerprint density at radius 3 is 2.86 bits per heavy atom. The molecule has 1 aromatic carbocycles. The molecule has 3 aromatic rings. The third kappa shape index (κ3) is 4.76. The minimum atomic E-state index is -0.506. The number of fused-ring (bicyclic) bond motifs is 1. The number of benzene rings is 1. The molecule has 0 aliphatic rings. The summed E-state index contributed by atoms with van der Waals surface area (Å²) in [6.07, 6.45) is 4.10. The normalized spacial score (nSPS) is 10.6. The summed E-state index contributed by atoms with van der Waals surface area (Å²) in [5.74, 6) is 1.21. The Balaban J connectivity index is 1.42. The van der Waals surface area contributed by atoms with Crippen LogP contribution in [0.25, 0.3) is 10.9 Å². The van der Waals surface area contributed by atoms with Crippen molar-refractivity contribution in [2.45, 2.75) is 12.8 Å². The van der Waals surface area contributed by atoms with E-state index in [4.69, 9.17) is 4.74 Å². The molecule has 0 atom stereocenters. The standard InChI is InChI=1S/C19H21N5O4/c1-28-15-3-4-17-16(10-15)13(11-22-17)6-8-21-19(25)7-9-20-18-5-2-14(12-23-18)24(26)27/h2-5,10-12,22H,6-9H2,1H3,(H,20,23)(H,21,25). The summed E-state index contributed by atoms with van der Waals surface area (Å²) in [6.45, 7) is 0.916. The zero-order valence-electron chi connectivity index (χ0n) is 15.4. The Bertz CT molecular complexity index is 968. The molecule has 9 nitrogen and oxygen atoms in total. The zero-order valence-corrected chi connectivity index (χ0v) is 15.4. The van der Waals surface area contributed by atoms with Crippen LogP contribution in [0, 0.1) is 10.1 Å². The van der Waals surface area contributed by atoms with Crippen LogP contribution in [-0.4, -0.2) is 41.0 Å². The number of hydrogen-bond donors (Lipinski definition) is 3. The van der Waals surface area contributed by atoms with Gasteiger partial charge in [0.25, 0.3) is 5.69 Å². The number of amides is 1. The molecule has 0 saturated carbocycles. The van der Waals surface area contributed by atoms with Gasteiger partial charge < -0.3 is 20.4 Å². The number of methoxy groups -OCH3 is 1. The Labute approximate surface area is 161 Å². The molecule has 2 aromatic heterocycles. The fourth-order valence-electron chi connectivity index (χ4n) is 2.82. The minimum Gasteiger partial charge on any atom is -0.497 e. The predicted molar refractivity (Wildman–Crippen MR) is 106 cm³/mol. The van der Waals surface area contributed by atoms with Crippen LogP contribution < -0.4 is 15.4 Å². The maximum atomic E-state index is 12.0. The number of carbonyl (C=O) groups is 1. The van der Waals surface area contributed by atoms with Crippen LogP contribution in [0.15, 0.2) is 42.7 Å². The van der Waals surface area contributed by atoms with Gasteiger partial charge in [-0.2, -0.15) is 0 Å². The quantitative estimate of drug-likeness (QED) is 0.386. The number of ether oxygens (including phenoxy) is 1. The van der Waals surface area contributed by atoms with Gasteiger partial charge in [-0.05, 0) is 36.2 Å². The lowest BCUT2D eigenvalue weighted by Crippen LogP contribution is -2.27. The van der Waals surface area contributed by atoms with Gasteiger partial charge in [0.05, 0.1) is 12.0 Å². The number of rotatable bonds is 9. The molecule has 0 radical (unpaired) electrons. The molecule has 0 bridgehead atoms. The number of nitrogens with zero attached hydrogens (tertiary/aromatic N) is 2. The van der Waals surface area contributed by atoms with Crippen LogP contribution >= 0.6 is 0 Å². The Hall–Kier alpha value is -3.62. The number of carbonyl (C=O) groups excluding carboxylic acids is 1. The van der Waals surface area contributed by atoms with Crippen molar-refractivity contribution >= 4 is 28.3 Å². The molecular weight excluding hydrogens is 362 g/mol. The maximum absolute atomic E-state index is 12.0. The first-order valence-electron chi connectivity index (χ1n) is 8.82. The van der Waals surface area contributed by atoms with E-state index in [9.17, 15) is 14.9 Å². The monoisotopic (exact) mass is 383 g/mol. The summed E-state index contributed by atoms with van der Waals surface area (Å²) in [5, 5.41) is 17.5. The SMILES string of the molecule is COc1ccc2[nH]cc(CCNC(=O)CCNc3ccc([N+](=O)[O-])cn3)c2c1. The molecular formula is C19H21N5O4. The molecule has 9 heteroatoms. The molecule has 0 aliphatic heterocycles. The summed E-state index contributed by atoms with van der Waals surface area (Å²) in [4.78, 5) is 29.2. The molecule has 28 heavy (non-hydrogen) atoms. The lowest BCUT2D eigenvalue weighted by molar-refractivity contribution is -0.385. The number of anilines is 1. The van der Waals surface area contributed by atoms with Crippen molar-refractivity contribution in [3.05, 3.63) is 58.4 Å². The molecule has 3 N–H and O–H groups in total. The fraction of sp³-hybridized carbons (Fsp3) is 0.263. The van der Waals surface area contributed by atoms with Crippen LogP contribution in [-0.2, 0) is 11.2 Å². The van der Waals surface area contributed by atoms with Crippen molar-refractivity contribution in [3.8, 4) is 5.75 Å². The first kappa shape index (κ1) is 19.2. The molecule has 0 unspecified atom stereocenters. The summed E-state index contributed by atoms with van der Waals surface area (Å²) in [5.41, 5.74) is 2.07. The van der Waals surface area contributed by atoms with E-state index in [-0.39, 0.29) is 18.0 Å². The lowest BCUT2D eigenvalue weighted by Gasteiger charge is -2.07. The van der Waals surface area contributed by atoms with E-state index in [2.05, 4.69) is 20.6 Å². The smallest absolute Gasteiger partial charge is 0.287 e. The second-order valence-corrected chi connectivity index (χ2v) is 6.16. The molecule has 3 rings (SSSR count).